The number of hydrogen-bond donors (Lipinski definition) is 3. The molecule has 29 heavy (non-hydrogen) atoms. The Morgan fingerprint density at radius 3 is 2.07 bits per heavy atom. The lowest BCUT2D eigenvalue weighted by Gasteiger charge is -2.20. The summed E-state index contributed by atoms with van der Waals surface area (Å²) in [5.41, 5.74) is 1.50. The van der Waals surface area contributed by atoms with E-state index in [0.29, 0.717) is 5.69 Å². The van der Waals surface area contributed by atoms with Gasteiger partial charge in [-0.3, -0.25) is 9.59 Å². The number of amides is 2. The zero-order chi connectivity index (χ0) is 20.6. The van der Waals surface area contributed by atoms with Crippen LogP contribution in [0.4, 0.5) is 11.4 Å². The Labute approximate surface area is 174 Å². The lowest BCUT2D eigenvalue weighted by Crippen LogP contribution is -2.24. The van der Waals surface area contributed by atoms with Gasteiger partial charge in [-0.15, -0.1) is 11.8 Å². The van der Waals surface area contributed by atoms with Gasteiger partial charge in [-0.25, -0.2) is 4.79 Å². The first-order valence-electron chi connectivity index (χ1n) is 9.68. The number of anilines is 2. The molecule has 0 spiro atoms. The molecule has 2 aromatic carbocycles. The number of carboxylic acid groups (broad SMARTS) is 1. The van der Waals surface area contributed by atoms with Crippen molar-refractivity contribution >= 4 is 40.9 Å². The van der Waals surface area contributed by atoms with Crippen molar-refractivity contribution < 1.29 is 19.5 Å². The van der Waals surface area contributed by atoms with Gasteiger partial charge in [0.15, 0.2) is 0 Å². The van der Waals surface area contributed by atoms with Crippen molar-refractivity contribution in [2.75, 3.05) is 16.4 Å². The van der Waals surface area contributed by atoms with Crippen LogP contribution in [0.15, 0.2) is 53.4 Å². The third kappa shape index (κ3) is 6.35. The molecular weight excluding hydrogens is 388 g/mol. The number of hydrogen-bond acceptors (Lipinski definition) is 4. The van der Waals surface area contributed by atoms with Gasteiger partial charge < -0.3 is 15.7 Å². The first kappa shape index (κ1) is 20.9. The first-order valence-corrected chi connectivity index (χ1v) is 10.7. The number of thioether (sulfide) groups is 1. The molecule has 0 saturated heterocycles. The highest BCUT2D eigenvalue weighted by atomic mass is 32.2. The maximum Gasteiger partial charge on any atom is 0.335 e. The minimum absolute atomic E-state index is 0.0957. The molecule has 1 saturated carbocycles. The highest BCUT2D eigenvalue weighted by molar-refractivity contribution is 8.00. The summed E-state index contributed by atoms with van der Waals surface area (Å²) in [5, 5.41) is 14.6. The van der Waals surface area contributed by atoms with E-state index in [1.54, 1.807) is 12.1 Å². The minimum atomic E-state index is -1.00. The molecule has 7 heteroatoms. The fraction of sp³-hybridized carbons (Fsp3) is 0.318. The molecule has 1 aliphatic rings. The van der Waals surface area contributed by atoms with E-state index in [1.165, 1.54) is 30.3 Å². The lowest BCUT2D eigenvalue weighted by molar-refractivity contribution is -0.120. The maximum absolute atomic E-state index is 12.3. The van der Waals surface area contributed by atoms with Crippen molar-refractivity contribution in [2.24, 2.45) is 5.92 Å². The van der Waals surface area contributed by atoms with Crippen LogP contribution in [0.2, 0.25) is 0 Å². The molecule has 1 aliphatic carbocycles. The van der Waals surface area contributed by atoms with Crippen LogP contribution in [0, 0.1) is 5.92 Å². The summed E-state index contributed by atoms with van der Waals surface area (Å²) in [6, 6.07) is 13.5. The van der Waals surface area contributed by atoms with Crippen molar-refractivity contribution in [3.05, 3.63) is 54.1 Å². The zero-order valence-electron chi connectivity index (χ0n) is 16.0. The first-order chi connectivity index (χ1) is 14.0. The van der Waals surface area contributed by atoms with Crippen molar-refractivity contribution in [3.8, 4) is 0 Å². The van der Waals surface area contributed by atoms with Crippen LogP contribution in [0.5, 0.6) is 0 Å². The third-order valence-electron chi connectivity index (χ3n) is 4.88. The van der Waals surface area contributed by atoms with E-state index in [4.69, 9.17) is 5.11 Å². The van der Waals surface area contributed by atoms with Crippen molar-refractivity contribution in [1.29, 1.82) is 0 Å². The summed E-state index contributed by atoms with van der Waals surface area (Å²) in [6.07, 6.45) is 5.40. The Hall–Kier alpha value is -2.80. The second kappa shape index (κ2) is 10.1. The molecule has 0 bridgehead atoms. The van der Waals surface area contributed by atoms with Crippen LogP contribution >= 0.6 is 11.8 Å². The van der Waals surface area contributed by atoms with Gasteiger partial charge in [0.25, 0.3) is 0 Å². The molecule has 1 fully saturated rings. The fourth-order valence-electron chi connectivity index (χ4n) is 3.29. The number of carboxylic acids is 1. The SMILES string of the molecule is O=C(CSc1ccc(NC(=O)C2CCCCC2)cc1)Nc1ccc(C(=O)O)cc1. The summed E-state index contributed by atoms with van der Waals surface area (Å²) in [5.74, 6) is -0.733. The molecule has 0 atom stereocenters. The Morgan fingerprint density at radius 2 is 1.45 bits per heavy atom. The van der Waals surface area contributed by atoms with Gasteiger partial charge in [0.1, 0.15) is 0 Å². The molecule has 0 heterocycles. The smallest absolute Gasteiger partial charge is 0.335 e. The largest absolute Gasteiger partial charge is 0.478 e. The molecule has 0 aromatic heterocycles. The summed E-state index contributed by atoms with van der Waals surface area (Å²) in [6.45, 7) is 0. The Balaban J connectivity index is 1.45. The van der Waals surface area contributed by atoms with Crippen LogP contribution in [0.1, 0.15) is 42.5 Å². The average Bonchev–Trinajstić information content (AvgIpc) is 2.74. The van der Waals surface area contributed by atoms with Crippen LogP contribution in [0.3, 0.4) is 0 Å². The van der Waals surface area contributed by atoms with Crippen molar-refractivity contribution in [3.63, 3.8) is 0 Å². The van der Waals surface area contributed by atoms with E-state index in [2.05, 4.69) is 10.6 Å². The van der Waals surface area contributed by atoms with Crippen LogP contribution in [0.25, 0.3) is 0 Å². The van der Waals surface area contributed by atoms with Crippen LogP contribution in [-0.2, 0) is 9.59 Å². The number of aromatic carboxylic acids is 1. The topological polar surface area (TPSA) is 95.5 Å². The van der Waals surface area contributed by atoms with E-state index in [-0.39, 0.29) is 29.0 Å². The third-order valence-corrected chi connectivity index (χ3v) is 5.90. The van der Waals surface area contributed by atoms with E-state index >= 15 is 0 Å². The Bertz CT molecular complexity index is 859. The Kier molecular flexibility index (Phi) is 7.30. The second-order valence-corrected chi connectivity index (χ2v) is 8.12. The van der Waals surface area contributed by atoms with Crippen molar-refractivity contribution in [2.45, 2.75) is 37.0 Å². The molecule has 2 amide bonds. The summed E-state index contributed by atoms with van der Waals surface area (Å²) in [4.78, 5) is 36.2. The number of rotatable bonds is 7. The zero-order valence-corrected chi connectivity index (χ0v) is 16.8. The van der Waals surface area contributed by atoms with Gasteiger partial charge in [-0.1, -0.05) is 19.3 Å². The van der Waals surface area contributed by atoms with Gasteiger partial charge in [0.2, 0.25) is 11.8 Å². The van der Waals surface area contributed by atoms with Crippen molar-refractivity contribution in [1.82, 2.24) is 0 Å². The number of carbonyl (C=O) groups is 3. The van der Waals surface area contributed by atoms with E-state index in [9.17, 15) is 14.4 Å². The van der Waals surface area contributed by atoms with Gasteiger partial charge in [-0.05, 0) is 61.4 Å². The summed E-state index contributed by atoms with van der Waals surface area (Å²) < 4.78 is 0. The maximum atomic E-state index is 12.3. The van der Waals surface area contributed by atoms with Gasteiger partial charge in [0.05, 0.1) is 11.3 Å². The van der Waals surface area contributed by atoms with E-state index in [1.807, 2.05) is 24.3 Å². The second-order valence-electron chi connectivity index (χ2n) is 7.07. The summed E-state index contributed by atoms with van der Waals surface area (Å²) >= 11 is 1.39. The average molecular weight is 413 g/mol. The molecule has 0 unspecified atom stereocenters. The quantitative estimate of drug-likeness (QED) is 0.576. The Morgan fingerprint density at radius 1 is 0.862 bits per heavy atom. The number of benzene rings is 2. The predicted molar refractivity (Wildman–Crippen MR) is 114 cm³/mol. The molecule has 0 aliphatic heterocycles. The van der Waals surface area contributed by atoms with Gasteiger partial charge >= 0.3 is 5.97 Å². The normalized spacial score (nSPS) is 14.2. The molecule has 2 aromatic rings. The van der Waals surface area contributed by atoms with E-state index in [0.717, 1.165) is 36.3 Å². The molecule has 3 rings (SSSR count). The number of nitrogens with one attached hydrogen (secondary N) is 2. The molecular formula is C22H24N2O4S. The lowest BCUT2D eigenvalue weighted by atomic mass is 9.88. The molecule has 0 radical (unpaired) electrons. The predicted octanol–water partition coefficient (Wildman–Crippen LogP) is 4.63. The van der Waals surface area contributed by atoms with Crippen LogP contribution < -0.4 is 10.6 Å². The monoisotopic (exact) mass is 412 g/mol. The summed E-state index contributed by atoms with van der Waals surface area (Å²) in [7, 11) is 0. The highest BCUT2D eigenvalue weighted by Crippen LogP contribution is 2.26. The van der Waals surface area contributed by atoms with E-state index < -0.39 is 5.97 Å². The number of carbonyl (C=O) groups excluding carboxylic acids is 2. The molecule has 3 N–H and O–H groups in total. The van der Waals surface area contributed by atoms with Gasteiger partial charge in [-0.2, -0.15) is 0 Å². The minimum Gasteiger partial charge on any atom is -0.478 e. The molecule has 6 nitrogen and oxygen atoms in total. The van der Waals surface area contributed by atoms with Gasteiger partial charge in [0, 0.05) is 22.2 Å². The standard InChI is InChI=1S/C22H24N2O4S/c25-20(23-17-8-6-16(7-9-17)22(27)28)14-29-19-12-10-18(11-13-19)24-21(26)15-4-2-1-3-5-15/h6-13,15H,1-5,14H2,(H,23,25)(H,24,26)(H,27,28). The highest BCUT2D eigenvalue weighted by Gasteiger charge is 2.20. The molecule has 152 valence electrons. The van der Waals surface area contributed by atoms with Crippen LogP contribution in [-0.4, -0.2) is 28.6 Å². The fourth-order valence-corrected chi connectivity index (χ4v) is 3.98.